The predicted octanol–water partition coefficient (Wildman–Crippen LogP) is 0.971. The van der Waals surface area contributed by atoms with Crippen LogP contribution in [0, 0.1) is 0 Å². The molecule has 1 heterocycles. The van der Waals surface area contributed by atoms with E-state index in [1.165, 1.54) is 11.3 Å². The van der Waals surface area contributed by atoms with Crippen LogP contribution in [-0.4, -0.2) is 45.8 Å². The maximum absolute atomic E-state index is 11.9. The fourth-order valence-electron chi connectivity index (χ4n) is 1.79. The van der Waals surface area contributed by atoms with Gasteiger partial charge in [0.1, 0.15) is 5.51 Å². The molecule has 0 aliphatic carbocycles. The van der Waals surface area contributed by atoms with E-state index in [0.29, 0.717) is 18.2 Å². The molecule has 1 amide bonds. The van der Waals surface area contributed by atoms with E-state index in [0.717, 1.165) is 5.56 Å². The second-order valence-electron chi connectivity index (χ2n) is 4.21. The maximum atomic E-state index is 11.9. The number of amides is 1. The van der Waals surface area contributed by atoms with Crippen molar-refractivity contribution in [1.82, 2.24) is 15.1 Å². The molecule has 106 valence electrons. The number of hydrogen-bond donors (Lipinski definition) is 2. The van der Waals surface area contributed by atoms with E-state index in [4.69, 9.17) is 5.11 Å². The molecule has 0 aliphatic rings. The monoisotopic (exact) mass is 292 g/mol. The van der Waals surface area contributed by atoms with Crippen molar-refractivity contribution in [2.24, 2.45) is 0 Å². The van der Waals surface area contributed by atoms with E-state index in [1.54, 1.807) is 5.51 Å². The molecular weight excluding hydrogens is 276 g/mol. The number of aliphatic hydroxyl groups excluding tert-OH is 1. The number of aromatic nitrogens is 2. The van der Waals surface area contributed by atoms with Gasteiger partial charge in [-0.05, 0) is 5.56 Å². The SMILES string of the molecule is O=C(CN(CCO)Cc1ccccc1)Nc1nncs1. The molecule has 0 atom stereocenters. The molecule has 1 aromatic heterocycles. The van der Waals surface area contributed by atoms with Crippen LogP contribution in [-0.2, 0) is 11.3 Å². The predicted molar refractivity (Wildman–Crippen MR) is 77.3 cm³/mol. The van der Waals surface area contributed by atoms with Gasteiger partial charge < -0.3 is 5.11 Å². The number of anilines is 1. The Morgan fingerprint density at radius 3 is 2.80 bits per heavy atom. The van der Waals surface area contributed by atoms with Crippen LogP contribution < -0.4 is 5.32 Å². The van der Waals surface area contributed by atoms with Crippen molar-refractivity contribution in [2.75, 3.05) is 25.0 Å². The van der Waals surface area contributed by atoms with Gasteiger partial charge in [-0.25, -0.2) is 0 Å². The molecule has 7 heteroatoms. The third kappa shape index (κ3) is 4.69. The van der Waals surface area contributed by atoms with Crippen LogP contribution in [0.2, 0.25) is 0 Å². The topological polar surface area (TPSA) is 78.4 Å². The molecule has 0 spiro atoms. The number of carbonyl (C=O) groups is 1. The normalized spacial score (nSPS) is 10.7. The van der Waals surface area contributed by atoms with Gasteiger partial charge in [0, 0.05) is 13.1 Å². The van der Waals surface area contributed by atoms with E-state index in [9.17, 15) is 4.79 Å². The first-order valence-electron chi connectivity index (χ1n) is 6.21. The average Bonchev–Trinajstić information content (AvgIpc) is 2.93. The Morgan fingerprint density at radius 1 is 1.35 bits per heavy atom. The molecule has 2 N–H and O–H groups in total. The minimum Gasteiger partial charge on any atom is -0.395 e. The lowest BCUT2D eigenvalue weighted by atomic mass is 10.2. The van der Waals surface area contributed by atoms with Crippen LogP contribution in [0.25, 0.3) is 0 Å². The van der Waals surface area contributed by atoms with Gasteiger partial charge in [-0.15, -0.1) is 10.2 Å². The van der Waals surface area contributed by atoms with Gasteiger partial charge >= 0.3 is 0 Å². The Hall–Kier alpha value is -1.83. The van der Waals surface area contributed by atoms with E-state index >= 15 is 0 Å². The number of aliphatic hydroxyl groups is 1. The summed E-state index contributed by atoms with van der Waals surface area (Å²) in [7, 11) is 0. The summed E-state index contributed by atoms with van der Waals surface area (Å²) in [6.45, 7) is 1.28. The van der Waals surface area contributed by atoms with E-state index < -0.39 is 0 Å². The molecule has 0 bridgehead atoms. The molecule has 1 aromatic carbocycles. The van der Waals surface area contributed by atoms with Crippen LogP contribution in [0.3, 0.4) is 0 Å². The fraction of sp³-hybridized carbons (Fsp3) is 0.308. The number of benzene rings is 1. The molecule has 20 heavy (non-hydrogen) atoms. The van der Waals surface area contributed by atoms with Gasteiger partial charge in [0.05, 0.1) is 13.2 Å². The molecule has 0 fully saturated rings. The Bertz CT molecular complexity index is 518. The lowest BCUT2D eigenvalue weighted by Crippen LogP contribution is -2.34. The van der Waals surface area contributed by atoms with Crippen LogP contribution in [0.1, 0.15) is 5.56 Å². The van der Waals surface area contributed by atoms with Crippen LogP contribution in [0.5, 0.6) is 0 Å². The van der Waals surface area contributed by atoms with Crippen molar-refractivity contribution in [1.29, 1.82) is 0 Å². The minimum absolute atomic E-state index is 0.0128. The first-order valence-corrected chi connectivity index (χ1v) is 7.09. The summed E-state index contributed by atoms with van der Waals surface area (Å²) in [6.07, 6.45) is 0. The van der Waals surface area contributed by atoms with Gasteiger partial charge in [0.2, 0.25) is 11.0 Å². The Labute approximate surface area is 121 Å². The van der Waals surface area contributed by atoms with Crippen molar-refractivity contribution in [3.63, 3.8) is 0 Å². The summed E-state index contributed by atoms with van der Waals surface area (Å²) in [5, 5.41) is 19.7. The summed E-state index contributed by atoms with van der Waals surface area (Å²) in [6, 6.07) is 9.84. The van der Waals surface area contributed by atoms with Crippen molar-refractivity contribution < 1.29 is 9.90 Å². The highest BCUT2D eigenvalue weighted by molar-refractivity contribution is 7.13. The van der Waals surface area contributed by atoms with Gasteiger partial charge in [0.25, 0.3) is 0 Å². The average molecular weight is 292 g/mol. The van der Waals surface area contributed by atoms with Gasteiger partial charge in [-0.1, -0.05) is 41.7 Å². The van der Waals surface area contributed by atoms with Crippen molar-refractivity contribution in [3.05, 3.63) is 41.4 Å². The molecule has 0 unspecified atom stereocenters. The van der Waals surface area contributed by atoms with E-state index in [-0.39, 0.29) is 19.1 Å². The zero-order valence-electron chi connectivity index (χ0n) is 10.9. The summed E-state index contributed by atoms with van der Waals surface area (Å²) >= 11 is 1.27. The first-order chi connectivity index (χ1) is 9.78. The Balaban J connectivity index is 1.89. The summed E-state index contributed by atoms with van der Waals surface area (Å²) in [5.41, 5.74) is 2.66. The molecular formula is C13H16N4O2S. The number of nitrogens with zero attached hydrogens (tertiary/aromatic N) is 3. The van der Waals surface area contributed by atoms with Gasteiger partial charge in [0.15, 0.2) is 0 Å². The highest BCUT2D eigenvalue weighted by Gasteiger charge is 2.12. The Kier molecular flexibility index (Phi) is 5.60. The smallest absolute Gasteiger partial charge is 0.240 e. The van der Waals surface area contributed by atoms with Crippen LogP contribution in [0.4, 0.5) is 5.13 Å². The zero-order valence-corrected chi connectivity index (χ0v) is 11.7. The molecule has 0 saturated heterocycles. The maximum Gasteiger partial charge on any atom is 0.240 e. The number of nitrogens with one attached hydrogen (secondary N) is 1. The van der Waals surface area contributed by atoms with Crippen molar-refractivity contribution >= 4 is 22.4 Å². The lowest BCUT2D eigenvalue weighted by Gasteiger charge is -2.20. The fourth-order valence-corrected chi connectivity index (χ4v) is 2.25. The third-order valence-corrected chi connectivity index (χ3v) is 3.25. The number of rotatable bonds is 7. The van der Waals surface area contributed by atoms with E-state index in [1.807, 2.05) is 35.2 Å². The second-order valence-corrected chi connectivity index (χ2v) is 5.05. The standard InChI is InChI=1S/C13H16N4O2S/c18-7-6-17(8-11-4-2-1-3-5-11)9-12(19)15-13-16-14-10-20-13/h1-5,10,18H,6-9H2,(H,15,16,19). The number of carbonyl (C=O) groups excluding carboxylic acids is 1. The molecule has 2 rings (SSSR count). The second kappa shape index (κ2) is 7.68. The largest absolute Gasteiger partial charge is 0.395 e. The quantitative estimate of drug-likeness (QED) is 0.795. The molecule has 6 nitrogen and oxygen atoms in total. The highest BCUT2D eigenvalue weighted by Crippen LogP contribution is 2.08. The van der Waals surface area contributed by atoms with Crippen molar-refractivity contribution in [2.45, 2.75) is 6.54 Å². The van der Waals surface area contributed by atoms with Crippen LogP contribution >= 0.6 is 11.3 Å². The summed E-state index contributed by atoms with van der Waals surface area (Å²) in [4.78, 5) is 13.8. The van der Waals surface area contributed by atoms with Crippen LogP contribution in [0.15, 0.2) is 35.8 Å². The van der Waals surface area contributed by atoms with Crippen molar-refractivity contribution in [3.8, 4) is 0 Å². The molecule has 0 radical (unpaired) electrons. The lowest BCUT2D eigenvalue weighted by molar-refractivity contribution is -0.117. The zero-order chi connectivity index (χ0) is 14.2. The van der Waals surface area contributed by atoms with Gasteiger partial charge in [-0.2, -0.15) is 0 Å². The first kappa shape index (κ1) is 14.6. The third-order valence-electron chi connectivity index (χ3n) is 2.64. The summed E-state index contributed by atoms with van der Waals surface area (Å²) in [5.74, 6) is -0.161. The van der Waals surface area contributed by atoms with E-state index in [2.05, 4.69) is 15.5 Å². The number of hydrogen-bond acceptors (Lipinski definition) is 6. The van der Waals surface area contributed by atoms with Gasteiger partial charge in [-0.3, -0.25) is 15.0 Å². The molecule has 2 aromatic rings. The highest BCUT2D eigenvalue weighted by atomic mass is 32.1. The molecule has 0 saturated carbocycles. The minimum atomic E-state index is -0.161. The Morgan fingerprint density at radius 2 is 2.15 bits per heavy atom. The molecule has 0 aliphatic heterocycles. The summed E-state index contributed by atoms with van der Waals surface area (Å²) < 4.78 is 0.